The van der Waals surface area contributed by atoms with E-state index in [4.69, 9.17) is 0 Å². The van der Waals surface area contributed by atoms with Gasteiger partial charge in [0.25, 0.3) is 0 Å². The summed E-state index contributed by atoms with van der Waals surface area (Å²) in [5, 5.41) is 0. The van der Waals surface area contributed by atoms with Crippen LogP contribution in [0, 0.1) is 0 Å². The van der Waals surface area contributed by atoms with Gasteiger partial charge in [-0.25, -0.2) is 0 Å². The molecule has 0 spiro atoms. The number of halogens is 3. The lowest BCUT2D eigenvalue weighted by molar-refractivity contribution is -0.193. The summed E-state index contributed by atoms with van der Waals surface area (Å²) in [4.78, 5) is 3.84. The average Bonchev–Trinajstić information content (AvgIpc) is 1.59. The Morgan fingerprint density at radius 3 is 2.00 bits per heavy atom. The van der Waals surface area contributed by atoms with Gasteiger partial charge in [0.2, 0.25) is 0 Å². The van der Waals surface area contributed by atoms with Crippen molar-refractivity contribution in [2.75, 3.05) is 7.11 Å². The van der Waals surface area contributed by atoms with Crippen molar-refractivity contribution in [3.63, 3.8) is 0 Å². The molecule has 0 unspecified atom stereocenters. The van der Waals surface area contributed by atoms with Crippen LogP contribution in [0.2, 0.25) is 0 Å². The van der Waals surface area contributed by atoms with Crippen molar-refractivity contribution in [1.82, 2.24) is 11.0 Å². The molecule has 0 atom stereocenters. The van der Waals surface area contributed by atoms with Gasteiger partial charge in [-0.2, -0.15) is 13.2 Å². The lowest BCUT2D eigenvalue weighted by atomic mass is 11.2. The number of rotatable bonds is 2. The molecule has 6 heteroatoms. The molecule has 50 valence electrons. The Balaban J connectivity index is 3.11. The molecule has 0 aliphatic carbocycles. The first kappa shape index (κ1) is 7.67. The summed E-state index contributed by atoms with van der Waals surface area (Å²) in [5.41, 5.74) is 2.31. The van der Waals surface area contributed by atoms with Crippen LogP contribution in [0.3, 0.4) is 0 Å². The summed E-state index contributed by atoms with van der Waals surface area (Å²) in [5.74, 6) is 0. The fraction of sp³-hybridized carbons (Fsp3) is 1.00. The van der Waals surface area contributed by atoms with Crippen molar-refractivity contribution in [2.24, 2.45) is 0 Å². The highest BCUT2D eigenvalue weighted by molar-refractivity contribution is 4.31. The molecule has 0 saturated carbocycles. The number of hydrazine groups is 1. The maximum atomic E-state index is 11.0. The van der Waals surface area contributed by atoms with E-state index >= 15 is 0 Å². The maximum absolute atomic E-state index is 11.0. The zero-order chi connectivity index (χ0) is 6.62. The van der Waals surface area contributed by atoms with Gasteiger partial charge in [0.1, 0.15) is 0 Å². The van der Waals surface area contributed by atoms with E-state index in [1.54, 1.807) is 0 Å². The summed E-state index contributed by atoms with van der Waals surface area (Å²) >= 11 is 0. The Kier molecular flexibility index (Phi) is 2.74. The van der Waals surface area contributed by atoms with Gasteiger partial charge in [-0.3, -0.25) is 4.84 Å². The van der Waals surface area contributed by atoms with Crippen molar-refractivity contribution in [2.45, 2.75) is 6.30 Å². The second-order valence-electron chi connectivity index (χ2n) is 0.929. The van der Waals surface area contributed by atoms with Crippen LogP contribution in [0.15, 0.2) is 0 Å². The highest BCUT2D eigenvalue weighted by Crippen LogP contribution is 2.06. The topological polar surface area (TPSA) is 33.3 Å². The fourth-order valence-electron chi connectivity index (χ4n) is 0.109. The minimum atomic E-state index is -4.43. The third-order valence-corrected chi connectivity index (χ3v) is 0.295. The molecule has 0 amide bonds. The van der Waals surface area contributed by atoms with Crippen LogP contribution in [0.25, 0.3) is 0 Å². The Morgan fingerprint density at radius 2 is 1.88 bits per heavy atom. The molecule has 0 aliphatic heterocycles. The van der Waals surface area contributed by atoms with E-state index in [-0.39, 0.29) is 0 Å². The van der Waals surface area contributed by atoms with Gasteiger partial charge in [-0.05, 0) is 0 Å². The van der Waals surface area contributed by atoms with Gasteiger partial charge in [-0.15, -0.1) is 11.0 Å². The summed E-state index contributed by atoms with van der Waals surface area (Å²) in [6, 6.07) is 0. The molecule has 0 heterocycles. The molecule has 0 saturated heterocycles. The van der Waals surface area contributed by atoms with Gasteiger partial charge in [0.05, 0.1) is 7.11 Å². The first-order valence-electron chi connectivity index (χ1n) is 1.68. The fourth-order valence-corrected chi connectivity index (χ4v) is 0.109. The molecule has 0 aromatic heterocycles. The summed E-state index contributed by atoms with van der Waals surface area (Å²) in [6.45, 7) is 0. The maximum Gasteiger partial charge on any atom is 0.472 e. The molecule has 0 rings (SSSR count). The molecule has 2 N–H and O–H groups in total. The molecule has 8 heavy (non-hydrogen) atoms. The van der Waals surface area contributed by atoms with Crippen LogP contribution in [-0.2, 0) is 4.84 Å². The Hall–Kier alpha value is -0.330. The first-order chi connectivity index (χ1) is 3.56. The van der Waals surface area contributed by atoms with Crippen molar-refractivity contribution in [1.29, 1.82) is 0 Å². The van der Waals surface area contributed by atoms with E-state index in [0.29, 0.717) is 0 Å². The standard InChI is InChI=1S/C2H5F3N2O/c1-8-7-6-2(3,4)5/h6-7H,1H3. The smallest absolute Gasteiger partial charge is 0.290 e. The molecule has 0 bridgehead atoms. The van der Waals surface area contributed by atoms with Gasteiger partial charge in [-0.1, -0.05) is 0 Å². The SMILES string of the molecule is CONNC(F)(F)F. The summed E-state index contributed by atoms with van der Waals surface area (Å²) in [6.07, 6.45) is -4.43. The van der Waals surface area contributed by atoms with Crippen molar-refractivity contribution in [3.05, 3.63) is 0 Å². The predicted molar refractivity (Wildman–Crippen MR) is 19.3 cm³/mol. The molecule has 0 aliphatic rings. The monoisotopic (exact) mass is 130 g/mol. The molecule has 0 aromatic carbocycles. The van der Waals surface area contributed by atoms with Crippen LogP contribution in [0.5, 0.6) is 0 Å². The van der Waals surface area contributed by atoms with Gasteiger partial charge < -0.3 is 0 Å². The van der Waals surface area contributed by atoms with Crippen LogP contribution >= 0.6 is 0 Å². The predicted octanol–water partition coefficient (Wildman–Crippen LogP) is 0.162. The first-order valence-corrected chi connectivity index (χ1v) is 1.68. The number of alkyl halides is 3. The zero-order valence-electron chi connectivity index (χ0n) is 4.04. The molecular weight excluding hydrogens is 125 g/mol. The van der Waals surface area contributed by atoms with Crippen LogP contribution in [0.4, 0.5) is 13.2 Å². The normalized spacial score (nSPS) is 12.0. The van der Waals surface area contributed by atoms with Crippen LogP contribution in [0.1, 0.15) is 0 Å². The van der Waals surface area contributed by atoms with Crippen LogP contribution < -0.4 is 11.0 Å². The summed E-state index contributed by atoms with van der Waals surface area (Å²) < 4.78 is 33.0. The van der Waals surface area contributed by atoms with Crippen molar-refractivity contribution in [3.8, 4) is 0 Å². The van der Waals surface area contributed by atoms with Gasteiger partial charge in [0, 0.05) is 0 Å². The van der Waals surface area contributed by atoms with E-state index in [9.17, 15) is 13.2 Å². The van der Waals surface area contributed by atoms with Crippen molar-refractivity contribution < 1.29 is 18.0 Å². The van der Waals surface area contributed by atoms with Gasteiger partial charge in [0.15, 0.2) is 0 Å². The highest BCUT2D eigenvalue weighted by atomic mass is 19.4. The van der Waals surface area contributed by atoms with E-state index in [1.165, 1.54) is 5.59 Å². The number of hydrogen-bond acceptors (Lipinski definition) is 3. The van der Waals surface area contributed by atoms with Gasteiger partial charge >= 0.3 is 6.30 Å². The Morgan fingerprint density at radius 1 is 1.38 bits per heavy atom. The Bertz CT molecular complexity index is 62.8. The number of hydrogen-bond donors (Lipinski definition) is 2. The van der Waals surface area contributed by atoms with Crippen molar-refractivity contribution >= 4 is 0 Å². The lowest BCUT2D eigenvalue weighted by Gasteiger charge is -2.06. The lowest BCUT2D eigenvalue weighted by Crippen LogP contribution is -2.42. The quantitative estimate of drug-likeness (QED) is 0.412. The molecular formula is C2H5F3N2O. The highest BCUT2D eigenvalue weighted by Gasteiger charge is 2.26. The Labute approximate surface area is 43.7 Å². The minimum Gasteiger partial charge on any atom is -0.290 e. The average molecular weight is 130 g/mol. The van der Waals surface area contributed by atoms with E-state index in [1.807, 2.05) is 0 Å². The van der Waals surface area contributed by atoms with E-state index in [2.05, 4.69) is 4.84 Å². The number of nitrogens with one attached hydrogen (secondary N) is 2. The molecule has 0 aromatic rings. The second-order valence-corrected chi connectivity index (χ2v) is 0.929. The third-order valence-electron chi connectivity index (χ3n) is 0.295. The molecule has 0 fully saturated rings. The molecule has 0 radical (unpaired) electrons. The van der Waals surface area contributed by atoms with E-state index in [0.717, 1.165) is 12.5 Å². The summed E-state index contributed by atoms with van der Waals surface area (Å²) in [7, 11) is 1.07. The van der Waals surface area contributed by atoms with E-state index < -0.39 is 6.30 Å². The second kappa shape index (κ2) is 2.85. The largest absolute Gasteiger partial charge is 0.472 e. The minimum absolute atomic E-state index is 0.899. The third kappa shape index (κ3) is 5.67. The molecule has 3 nitrogen and oxygen atoms in total. The zero-order valence-corrected chi connectivity index (χ0v) is 4.04. The van der Waals surface area contributed by atoms with Crippen LogP contribution in [-0.4, -0.2) is 13.4 Å².